The molecule has 0 aromatic rings. The quantitative estimate of drug-likeness (QED) is 0.575. The molecule has 7 heteroatoms. The number of hydrogen-bond acceptors (Lipinski definition) is 6. The van der Waals surface area contributed by atoms with E-state index in [2.05, 4.69) is 6.92 Å². The average Bonchev–Trinajstić information content (AvgIpc) is 2.99. The van der Waals surface area contributed by atoms with Gasteiger partial charge in [-0.1, -0.05) is 19.4 Å². The zero-order valence-electron chi connectivity index (χ0n) is 20.4. The van der Waals surface area contributed by atoms with Gasteiger partial charge in [-0.25, -0.2) is 0 Å². The van der Waals surface area contributed by atoms with Crippen LogP contribution < -0.4 is 0 Å². The fourth-order valence-corrected chi connectivity index (χ4v) is 6.98. The Morgan fingerprint density at radius 1 is 1.09 bits per heavy atom. The van der Waals surface area contributed by atoms with Crippen molar-refractivity contribution in [3.63, 3.8) is 0 Å². The summed E-state index contributed by atoms with van der Waals surface area (Å²) in [7, 11) is 0. The Labute approximate surface area is 195 Å². The number of fused-ring (bicyclic) bond motifs is 5. The first-order chi connectivity index (χ1) is 15.1. The van der Waals surface area contributed by atoms with Crippen molar-refractivity contribution in [2.75, 3.05) is 6.61 Å². The van der Waals surface area contributed by atoms with Crippen LogP contribution in [-0.2, 0) is 19.2 Å². The molecule has 0 amide bonds. The van der Waals surface area contributed by atoms with E-state index in [1.54, 1.807) is 26.8 Å². The van der Waals surface area contributed by atoms with Crippen LogP contribution in [0, 0.1) is 34.0 Å². The van der Waals surface area contributed by atoms with Crippen LogP contribution in [0.1, 0.15) is 79.6 Å². The van der Waals surface area contributed by atoms with Crippen LogP contribution in [0.4, 0.5) is 0 Å². The fourth-order valence-electron chi connectivity index (χ4n) is 6.98. The molecule has 0 saturated heterocycles. The van der Waals surface area contributed by atoms with Crippen LogP contribution in [0.5, 0.6) is 0 Å². The number of carbonyl (C=O) groups is 4. The van der Waals surface area contributed by atoms with Gasteiger partial charge in [0.05, 0.1) is 5.41 Å². The van der Waals surface area contributed by atoms with Gasteiger partial charge in [0.15, 0.2) is 11.6 Å². The number of carboxylic acid groups (broad SMARTS) is 1. The lowest BCUT2D eigenvalue weighted by atomic mass is 9.46. The second-order valence-corrected chi connectivity index (χ2v) is 11.9. The first-order valence-electron chi connectivity index (χ1n) is 12.0. The molecule has 4 rings (SSSR count). The van der Waals surface area contributed by atoms with Gasteiger partial charge in [0.25, 0.3) is 0 Å². The molecule has 4 aliphatic carbocycles. The minimum Gasteiger partial charge on any atom is -0.481 e. The Morgan fingerprint density at radius 3 is 2.24 bits per heavy atom. The zero-order valence-corrected chi connectivity index (χ0v) is 20.4. The first-order valence-corrected chi connectivity index (χ1v) is 12.0. The molecule has 3 N–H and O–H groups in total. The molecule has 0 radical (unpaired) electrons. The van der Waals surface area contributed by atoms with Crippen LogP contribution >= 0.6 is 0 Å². The molecule has 7 nitrogen and oxygen atoms in total. The number of aliphatic carboxylic acids is 1. The van der Waals surface area contributed by atoms with Gasteiger partial charge in [0, 0.05) is 24.2 Å². The maximum Gasteiger partial charge on any atom is 0.308 e. The van der Waals surface area contributed by atoms with Crippen molar-refractivity contribution in [3.8, 4) is 0 Å². The third-order valence-electron chi connectivity index (χ3n) is 9.05. The number of carboxylic acids is 1. The molecule has 3 fully saturated rings. The highest BCUT2D eigenvalue weighted by atomic mass is 16.4. The molecule has 0 spiro atoms. The van der Waals surface area contributed by atoms with Crippen LogP contribution in [0.3, 0.4) is 0 Å². The first kappa shape index (κ1) is 25.8. The summed E-state index contributed by atoms with van der Waals surface area (Å²) in [6, 6.07) is 0. The number of carbonyl (C=O) groups excluding carboxylic acids is 3. The van der Waals surface area contributed by atoms with E-state index >= 15 is 0 Å². The smallest absolute Gasteiger partial charge is 0.308 e. The number of Topliss-reactive ketones (excluding diaryl/α,β-unsaturated/α-hetero) is 2. The summed E-state index contributed by atoms with van der Waals surface area (Å²) in [5.41, 5.74) is -2.14. The number of aliphatic hydroxyl groups is 2. The zero-order chi connectivity index (χ0) is 25.0. The monoisotopic (exact) mass is 462 g/mol. The number of aliphatic hydroxyl groups excluding tert-OH is 1. The lowest BCUT2D eigenvalue weighted by Crippen LogP contribution is -2.60. The standard InChI is InChI=1S/C21H28O5.C5H10O2/c1-19-7-5-13(23)9-12(19)3-4-14-15-6-8-21(26,17(25)11-22)20(15,2)10-16(24)18(14)19;1-5(2,3)4(6)7/h9,14-15,18,22,26H,3-8,10-11H2,1-2H3;1-3H3,(H,6,7)/t14-,15-,18+,19-,20-,21-;/m0./s1. The van der Waals surface area contributed by atoms with E-state index in [1.165, 1.54) is 0 Å². The summed E-state index contributed by atoms with van der Waals surface area (Å²) in [5.74, 6) is -0.929. The maximum atomic E-state index is 13.3. The summed E-state index contributed by atoms with van der Waals surface area (Å²) in [4.78, 5) is 47.5. The normalized spacial score (nSPS) is 40.0. The highest BCUT2D eigenvalue weighted by Crippen LogP contribution is 2.66. The van der Waals surface area contributed by atoms with E-state index in [-0.39, 0.29) is 41.2 Å². The second-order valence-electron chi connectivity index (χ2n) is 11.9. The van der Waals surface area contributed by atoms with E-state index in [1.807, 2.05) is 6.92 Å². The summed E-state index contributed by atoms with van der Waals surface area (Å²) < 4.78 is 0. The Kier molecular flexibility index (Phi) is 6.57. The fraction of sp³-hybridized carbons (Fsp3) is 0.769. The summed E-state index contributed by atoms with van der Waals surface area (Å²) >= 11 is 0. The van der Waals surface area contributed by atoms with Crippen LogP contribution in [0.2, 0.25) is 0 Å². The Morgan fingerprint density at radius 2 is 1.70 bits per heavy atom. The lowest BCUT2D eigenvalue weighted by Gasteiger charge is -2.57. The predicted octanol–water partition coefficient (Wildman–Crippen LogP) is 3.11. The maximum absolute atomic E-state index is 13.3. The molecule has 4 aliphatic rings. The number of allylic oxidation sites excluding steroid dienone is 1. The number of rotatable bonds is 2. The minimum absolute atomic E-state index is 0.0988. The average molecular weight is 463 g/mol. The molecule has 0 aliphatic heterocycles. The summed E-state index contributed by atoms with van der Waals surface area (Å²) in [6.45, 7) is 8.29. The van der Waals surface area contributed by atoms with E-state index in [0.717, 1.165) is 18.4 Å². The van der Waals surface area contributed by atoms with Gasteiger partial charge in [-0.15, -0.1) is 0 Å². The van der Waals surface area contributed by atoms with Gasteiger partial charge in [-0.05, 0) is 76.2 Å². The molecule has 6 atom stereocenters. The molecule has 3 saturated carbocycles. The van der Waals surface area contributed by atoms with E-state index < -0.39 is 34.8 Å². The van der Waals surface area contributed by atoms with Crippen molar-refractivity contribution >= 4 is 23.3 Å². The van der Waals surface area contributed by atoms with Gasteiger partial charge in [-0.2, -0.15) is 0 Å². The van der Waals surface area contributed by atoms with Crippen LogP contribution in [0.15, 0.2) is 11.6 Å². The highest BCUT2D eigenvalue weighted by molar-refractivity contribution is 5.94. The Hall–Kier alpha value is -1.86. The van der Waals surface area contributed by atoms with Crippen molar-refractivity contribution in [2.24, 2.45) is 34.0 Å². The number of hydrogen-bond donors (Lipinski definition) is 3. The summed E-state index contributed by atoms with van der Waals surface area (Å²) in [6.07, 6.45) is 5.83. The highest BCUT2D eigenvalue weighted by Gasteiger charge is 2.68. The molecular formula is C26H38O7. The predicted molar refractivity (Wildman–Crippen MR) is 121 cm³/mol. The van der Waals surface area contributed by atoms with Crippen molar-refractivity contribution < 1.29 is 34.5 Å². The van der Waals surface area contributed by atoms with Crippen LogP contribution in [-0.4, -0.2) is 50.8 Å². The second kappa shape index (κ2) is 8.42. The molecule has 0 heterocycles. The van der Waals surface area contributed by atoms with Crippen molar-refractivity contribution in [1.29, 1.82) is 0 Å². The van der Waals surface area contributed by atoms with E-state index in [0.29, 0.717) is 25.7 Å². The number of ketones is 3. The van der Waals surface area contributed by atoms with Crippen molar-refractivity contribution in [1.82, 2.24) is 0 Å². The summed E-state index contributed by atoms with van der Waals surface area (Å²) in [5, 5.41) is 28.7. The molecule has 184 valence electrons. The Bertz CT molecular complexity index is 897. The van der Waals surface area contributed by atoms with Crippen molar-refractivity contribution in [2.45, 2.75) is 85.2 Å². The SMILES string of the molecule is CC(C)(C)C(=O)O.C[C@]12CCC(=O)C=C1CC[C@@H]1[C@@H]2C(=O)C[C@@]2(C)[C@H]1CC[C@]2(O)C(=O)CO. The topological polar surface area (TPSA) is 129 Å². The van der Waals surface area contributed by atoms with E-state index in [4.69, 9.17) is 5.11 Å². The van der Waals surface area contributed by atoms with Gasteiger partial charge >= 0.3 is 5.97 Å². The van der Waals surface area contributed by atoms with Crippen LogP contribution in [0.25, 0.3) is 0 Å². The van der Waals surface area contributed by atoms with Gasteiger partial charge < -0.3 is 15.3 Å². The molecule has 0 bridgehead atoms. The van der Waals surface area contributed by atoms with Gasteiger partial charge in [0.2, 0.25) is 0 Å². The van der Waals surface area contributed by atoms with E-state index in [9.17, 15) is 29.4 Å². The molecule has 0 unspecified atom stereocenters. The Balaban J connectivity index is 0.000000383. The minimum atomic E-state index is -1.60. The third-order valence-corrected chi connectivity index (χ3v) is 9.05. The molecular weight excluding hydrogens is 424 g/mol. The largest absolute Gasteiger partial charge is 0.481 e. The van der Waals surface area contributed by atoms with Gasteiger partial charge in [-0.3, -0.25) is 19.2 Å². The van der Waals surface area contributed by atoms with Crippen molar-refractivity contribution in [3.05, 3.63) is 11.6 Å². The molecule has 0 aromatic heterocycles. The molecule has 33 heavy (non-hydrogen) atoms. The van der Waals surface area contributed by atoms with Gasteiger partial charge in [0.1, 0.15) is 18.0 Å². The molecule has 0 aromatic carbocycles. The third kappa shape index (κ3) is 4.01. The lowest BCUT2D eigenvalue weighted by molar-refractivity contribution is -0.170.